The van der Waals surface area contributed by atoms with Gasteiger partial charge in [0.1, 0.15) is 31.1 Å². The molecule has 0 bridgehead atoms. The van der Waals surface area contributed by atoms with E-state index >= 15 is 0 Å². The average Bonchev–Trinajstić information content (AvgIpc) is 3.53. The lowest BCUT2D eigenvalue weighted by Gasteiger charge is -2.26. The van der Waals surface area contributed by atoms with Gasteiger partial charge in [-0.1, -0.05) is 0 Å². The van der Waals surface area contributed by atoms with Crippen LogP contribution in [0.3, 0.4) is 0 Å². The van der Waals surface area contributed by atoms with Crippen LogP contribution in [0.4, 0.5) is 42.1 Å². The molecule has 41 heavy (non-hydrogen) atoms. The first-order chi connectivity index (χ1) is 19.2. The number of hydrogen-bond acceptors (Lipinski definition) is 7. The number of benzene rings is 2. The molecule has 2 aromatic rings. The molecule has 0 radical (unpaired) electrons. The Morgan fingerprint density at radius 2 is 1.22 bits per heavy atom. The Balaban J connectivity index is 1.38. The van der Waals surface area contributed by atoms with Gasteiger partial charge in [0, 0.05) is 37.6 Å². The monoisotopic (exact) mass is 589 g/mol. The van der Waals surface area contributed by atoms with Crippen molar-refractivity contribution in [2.45, 2.75) is 45.2 Å². The van der Waals surface area contributed by atoms with E-state index in [1.165, 1.54) is 0 Å². The van der Waals surface area contributed by atoms with Crippen LogP contribution in [0.15, 0.2) is 46.4 Å². The van der Waals surface area contributed by atoms with Gasteiger partial charge >= 0.3 is 12.4 Å². The zero-order chi connectivity index (χ0) is 29.9. The number of ether oxygens (including phenoxy) is 2. The summed E-state index contributed by atoms with van der Waals surface area (Å²) in [5.74, 6) is -0.988. The van der Waals surface area contributed by atoms with Crippen molar-refractivity contribution in [3.05, 3.63) is 58.9 Å². The molecule has 2 heterocycles. The smallest absolute Gasteiger partial charge is 0.416 e. The molecule has 0 spiro atoms. The fraction of sp³-hybridized carbons (Fsp3) is 0.481. The molecule has 2 aliphatic rings. The second-order valence-electron chi connectivity index (χ2n) is 9.75. The number of alkyl halides is 6. The second-order valence-corrected chi connectivity index (χ2v) is 9.75. The van der Waals surface area contributed by atoms with Crippen LogP contribution in [-0.4, -0.2) is 63.5 Å². The summed E-state index contributed by atoms with van der Waals surface area (Å²) in [5, 5.41) is 2.84. The number of aryl methyl sites for hydroxylation is 1. The van der Waals surface area contributed by atoms with Crippen molar-refractivity contribution in [3.8, 4) is 0 Å². The number of rotatable bonds is 8. The van der Waals surface area contributed by atoms with Crippen LogP contribution in [-0.2, 0) is 21.8 Å². The van der Waals surface area contributed by atoms with Crippen molar-refractivity contribution >= 4 is 23.4 Å². The lowest BCUT2D eigenvalue weighted by molar-refractivity contribution is -0.138. The highest BCUT2D eigenvalue weighted by Crippen LogP contribution is 2.34. The van der Waals surface area contributed by atoms with Gasteiger partial charge in [-0.2, -0.15) is 26.3 Å². The van der Waals surface area contributed by atoms with Crippen LogP contribution >= 0.6 is 0 Å². The number of amidine groups is 2. The molecule has 2 unspecified atom stereocenters. The van der Waals surface area contributed by atoms with E-state index in [4.69, 9.17) is 9.47 Å². The predicted molar refractivity (Wildman–Crippen MR) is 141 cm³/mol. The average molecular weight is 590 g/mol. The van der Waals surface area contributed by atoms with Gasteiger partial charge in [-0.05, 0) is 62.7 Å². The SMILES string of the molecule is CCN(CC1COC(NC2=NC(CN(CC)c3cc(F)cc(C(F)(F)F)c3)CO2)=N1)c1cc(C)cc(C(F)(F)F)c1. The summed E-state index contributed by atoms with van der Waals surface area (Å²) in [4.78, 5) is 12.2. The Labute approximate surface area is 232 Å². The van der Waals surface area contributed by atoms with Crippen LogP contribution in [0.25, 0.3) is 0 Å². The maximum absolute atomic E-state index is 13.9. The molecule has 2 aromatic carbocycles. The van der Waals surface area contributed by atoms with Crippen molar-refractivity contribution in [3.63, 3.8) is 0 Å². The van der Waals surface area contributed by atoms with E-state index < -0.39 is 35.3 Å². The topological polar surface area (TPSA) is 61.7 Å². The minimum absolute atomic E-state index is 0.0826. The molecule has 1 N–H and O–H groups in total. The van der Waals surface area contributed by atoms with Crippen molar-refractivity contribution in [1.29, 1.82) is 0 Å². The molecule has 2 aliphatic heterocycles. The van der Waals surface area contributed by atoms with Gasteiger partial charge in [-0.3, -0.25) is 5.32 Å². The lowest BCUT2D eigenvalue weighted by atomic mass is 10.1. The Morgan fingerprint density at radius 1 is 0.756 bits per heavy atom. The van der Waals surface area contributed by atoms with E-state index in [1.807, 2.05) is 6.92 Å². The molecule has 224 valence electrons. The summed E-state index contributed by atoms with van der Waals surface area (Å²) < 4.78 is 104. The Kier molecular flexibility index (Phi) is 8.88. The van der Waals surface area contributed by atoms with E-state index in [9.17, 15) is 30.7 Å². The quantitative estimate of drug-likeness (QED) is 0.405. The summed E-state index contributed by atoms with van der Waals surface area (Å²) in [5.41, 5.74) is -0.781. The van der Waals surface area contributed by atoms with Crippen LogP contribution < -0.4 is 15.1 Å². The maximum atomic E-state index is 13.9. The fourth-order valence-electron chi connectivity index (χ4n) is 4.62. The molecule has 2 atom stereocenters. The Morgan fingerprint density at radius 3 is 1.68 bits per heavy atom. The van der Waals surface area contributed by atoms with E-state index in [2.05, 4.69) is 15.3 Å². The molecule has 0 saturated heterocycles. The summed E-state index contributed by atoms with van der Waals surface area (Å²) in [6.07, 6.45) is -9.13. The van der Waals surface area contributed by atoms with Crippen molar-refractivity contribution in [2.75, 3.05) is 49.2 Å². The van der Waals surface area contributed by atoms with Gasteiger partial charge in [-0.25, -0.2) is 14.4 Å². The van der Waals surface area contributed by atoms with Crippen LogP contribution in [0.1, 0.15) is 30.5 Å². The zero-order valence-electron chi connectivity index (χ0n) is 22.6. The third kappa shape index (κ3) is 7.73. The minimum Gasteiger partial charge on any atom is -0.463 e. The van der Waals surface area contributed by atoms with E-state index in [-0.39, 0.29) is 43.5 Å². The molecular weight excluding hydrogens is 559 g/mol. The normalized spacial score (nSPS) is 18.9. The first-order valence-electron chi connectivity index (χ1n) is 13.0. The molecule has 0 aliphatic carbocycles. The van der Waals surface area contributed by atoms with Gasteiger partial charge in [0.15, 0.2) is 0 Å². The number of aliphatic imine (C=N–C) groups is 2. The highest BCUT2D eigenvalue weighted by molar-refractivity contribution is 5.94. The molecule has 4 rings (SSSR count). The van der Waals surface area contributed by atoms with Crippen LogP contribution in [0.2, 0.25) is 0 Å². The molecule has 0 amide bonds. The molecule has 7 nitrogen and oxygen atoms in total. The zero-order valence-corrected chi connectivity index (χ0v) is 22.6. The first-order valence-corrected chi connectivity index (χ1v) is 13.0. The van der Waals surface area contributed by atoms with Gasteiger partial charge in [-0.15, -0.1) is 0 Å². The largest absolute Gasteiger partial charge is 0.463 e. The van der Waals surface area contributed by atoms with Gasteiger partial charge in [0.2, 0.25) is 0 Å². The number of halogens is 7. The third-order valence-electron chi connectivity index (χ3n) is 6.59. The van der Waals surface area contributed by atoms with Gasteiger partial charge < -0.3 is 19.3 Å². The van der Waals surface area contributed by atoms with E-state index in [0.29, 0.717) is 37.0 Å². The summed E-state index contributed by atoms with van der Waals surface area (Å²) >= 11 is 0. The Bertz CT molecular complexity index is 1200. The molecular formula is C27H30F7N5O2. The molecule has 14 heteroatoms. The highest BCUT2D eigenvalue weighted by atomic mass is 19.4. The standard InChI is InChI=1S/C27H30F7N5O2/c1-4-38(22-7-16(3)6-17(9-22)26(29,30)31)12-20-14-40-24(35-20)37-25-36-21(15-41-25)13-39(5-2)23-10-18(27(32,33)34)8-19(28)11-23/h6-11,20-21H,4-5,12-15H2,1-3H3,(H,35,36,37). The molecule has 0 aromatic heterocycles. The summed E-state index contributed by atoms with van der Waals surface area (Å²) in [6.45, 7) is 6.77. The molecule has 0 saturated carbocycles. The first kappa shape index (κ1) is 30.3. The van der Waals surface area contributed by atoms with Crippen LogP contribution in [0, 0.1) is 12.7 Å². The van der Waals surface area contributed by atoms with Crippen LogP contribution in [0.5, 0.6) is 0 Å². The van der Waals surface area contributed by atoms with Gasteiger partial charge in [0.25, 0.3) is 12.0 Å². The van der Waals surface area contributed by atoms with Gasteiger partial charge in [0.05, 0.1) is 11.1 Å². The summed E-state index contributed by atoms with van der Waals surface area (Å²) in [7, 11) is 0. The molecule has 0 fully saturated rings. The fourth-order valence-corrected chi connectivity index (χ4v) is 4.62. The number of nitrogens with one attached hydrogen (secondary N) is 1. The number of likely N-dealkylation sites (N-methyl/N-ethyl adjacent to an activating group) is 2. The number of anilines is 2. The van der Waals surface area contributed by atoms with E-state index in [1.54, 1.807) is 29.7 Å². The third-order valence-corrected chi connectivity index (χ3v) is 6.59. The van der Waals surface area contributed by atoms with Crippen molar-refractivity contribution < 1.29 is 40.2 Å². The minimum atomic E-state index is -4.68. The van der Waals surface area contributed by atoms with E-state index in [0.717, 1.165) is 24.3 Å². The summed E-state index contributed by atoms with van der Waals surface area (Å²) in [6, 6.07) is 5.72. The predicted octanol–water partition coefficient (Wildman–Crippen LogP) is 5.62. The number of hydrogen-bond donors (Lipinski definition) is 1. The highest BCUT2D eigenvalue weighted by Gasteiger charge is 2.33. The Hall–Kier alpha value is -3.71. The van der Waals surface area contributed by atoms with Crippen molar-refractivity contribution in [1.82, 2.24) is 5.32 Å². The number of nitrogens with zero attached hydrogens (tertiary/aromatic N) is 4. The maximum Gasteiger partial charge on any atom is 0.416 e. The van der Waals surface area contributed by atoms with Crippen molar-refractivity contribution in [2.24, 2.45) is 9.98 Å². The second kappa shape index (κ2) is 12.0. The lowest BCUT2D eigenvalue weighted by Crippen LogP contribution is -2.32.